The molecular formula is C20H29N5O. The lowest BCUT2D eigenvalue weighted by Gasteiger charge is -2.35. The van der Waals surface area contributed by atoms with Gasteiger partial charge in [0.05, 0.1) is 6.54 Å². The highest BCUT2D eigenvalue weighted by molar-refractivity contribution is 5.94. The molecule has 1 saturated heterocycles. The molecule has 0 unspecified atom stereocenters. The van der Waals surface area contributed by atoms with Crippen molar-refractivity contribution in [2.24, 2.45) is 0 Å². The Bertz CT molecular complexity index is 691. The lowest BCUT2D eigenvalue weighted by atomic mass is 10.2. The topological polar surface area (TPSA) is 44.6 Å². The summed E-state index contributed by atoms with van der Waals surface area (Å²) in [6, 6.07) is 9.82. The Kier molecular flexibility index (Phi) is 6.41. The number of nitrogens with zero attached hydrogens (tertiary/aromatic N) is 5. The minimum absolute atomic E-state index is 0.149. The maximum Gasteiger partial charge on any atom is 0.240 e. The van der Waals surface area contributed by atoms with Crippen LogP contribution in [0.2, 0.25) is 0 Å². The van der Waals surface area contributed by atoms with Crippen LogP contribution in [0.4, 0.5) is 5.69 Å². The second-order valence-electron chi connectivity index (χ2n) is 6.80. The number of carbonyl (C=O) groups is 1. The highest BCUT2D eigenvalue weighted by atomic mass is 16.2. The molecule has 0 radical (unpaired) electrons. The second-order valence-corrected chi connectivity index (χ2v) is 6.80. The van der Waals surface area contributed by atoms with Gasteiger partial charge in [0.25, 0.3) is 0 Å². The third kappa shape index (κ3) is 4.71. The van der Waals surface area contributed by atoms with Crippen molar-refractivity contribution in [3.63, 3.8) is 0 Å². The zero-order valence-corrected chi connectivity index (χ0v) is 15.8. The predicted molar refractivity (Wildman–Crippen MR) is 104 cm³/mol. The molecule has 26 heavy (non-hydrogen) atoms. The number of anilines is 1. The van der Waals surface area contributed by atoms with Gasteiger partial charge in [-0.3, -0.25) is 14.6 Å². The summed E-state index contributed by atoms with van der Waals surface area (Å²) in [6.07, 6.45) is 4.91. The minimum atomic E-state index is 0.149. The molecule has 140 valence electrons. The Morgan fingerprint density at radius 2 is 1.77 bits per heavy atom. The molecule has 0 atom stereocenters. The maximum atomic E-state index is 12.5. The van der Waals surface area contributed by atoms with Crippen LogP contribution in [0.25, 0.3) is 0 Å². The molecule has 3 rings (SSSR count). The summed E-state index contributed by atoms with van der Waals surface area (Å²) >= 11 is 0. The van der Waals surface area contributed by atoms with Crippen LogP contribution >= 0.6 is 0 Å². The highest BCUT2D eigenvalue weighted by Gasteiger charge is 2.21. The molecule has 1 aromatic carbocycles. The molecule has 0 N–H and O–H groups in total. The normalized spacial score (nSPS) is 15.9. The van der Waals surface area contributed by atoms with Crippen LogP contribution < -0.4 is 4.90 Å². The molecular weight excluding hydrogens is 326 g/mol. The fourth-order valence-electron chi connectivity index (χ4n) is 3.37. The van der Waals surface area contributed by atoms with E-state index in [-0.39, 0.29) is 5.91 Å². The monoisotopic (exact) mass is 355 g/mol. The van der Waals surface area contributed by atoms with Crippen molar-refractivity contribution in [3.8, 4) is 0 Å². The summed E-state index contributed by atoms with van der Waals surface area (Å²) in [6.45, 7) is 8.56. The molecule has 1 aliphatic heterocycles. The number of amides is 1. The smallest absolute Gasteiger partial charge is 0.240 e. The van der Waals surface area contributed by atoms with Gasteiger partial charge >= 0.3 is 0 Å². The van der Waals surface area contributed by atoms with Crippen LogP contribution in [0.1, 0.15) is 12.7 Å². The third-order valence-electron chi connectivity index (χ3n) is 5.12. The van der Waals surface area contributed by atoms with Gasteiger partial charge in [0.15, 0.2) is 0 Å². The number of likely N-dealkylation sites (N-methyl/N-ethyl adjacent to an activating group) is 1. The molecule has 0 saturated carbocycles. The van der Waals surface area contributed by atoms with Crippen LogP contribution in [-0.4, -0.2) is 71.6 Å². The molecule has 1 amide bonds. The number of aromatic nitrogens is 2. The SMILES string of the molecule is CCc1nccn1CCN1CCN(CC(=O)N(C)c2ccccc2)CC1. The van der Waals surface area contributed by atoms with E-state index < -0.39 is 0 Å². The minimum Gasteiger partial charge on any atom is -0.334 e. The lowest BCUT2D eigenvalue weighted by molar-refractivity contribution is -0.119. The fourth-order valence-corrected chi connectivity index (χ4v) is 3.37. The Morgan fingerprint density at radius 3 is 2.46 bits per heavy atom. The van der Waals surface area contributed by atoms with Crippen molar-refractivity contribution in [3.05, 3.63) is 48.5 Å². The van der Waals surface area contributed by atoms with Gasteiger partial charge < -0.3 is 9.47 Å². The van der Waals surface area contributed by atoms with Gasteiger partial charge in [0.1, 0.15) is 5.82 Å². The quantitative estimate of drug-likeness (QED) is 0.759. The number of benzene rings is 1. The first-order valence-electron chi connectivity index (χ1n) is 9.43. The van der Waals surface area contributed by atoms with E-state index in [9.17, 15) is 4.79 Å². The first kappa shape index (κ1) is 18.6. The van der Waals surface area contributed by atoms with E-state index in [2.05, 4.69) is 32.5 Å². The summed E-state index contributed by atoms with van der Waals surface area (Å²) < 4.78 is 2.24. The molecule has 6 nitrogen and oxygen atoms in total. The van der Waals surface area contributed by atoms with E-state index in [1.807, 2.05) is 43.6 Å². The van der Waals surface area contributed by atoms with Gasteiger partial charge in [0.2, 0.25) is 5.91 Å². The largest absolute Gasteiger partial charge is 0.334 e. The average Bonchev–Trinajstić information content (AvgIpc) is 3.15. The second kappa shape index (κ2) is 8.96. The number of para-hydroxylation sites is 1. The molecule has 1 aliphatic rings. The van der Waals surface area contributed by atoms with Gasteiger partial charge in [-0.2, -0.15) is 0 Å². The van der Waals surface area contributed by atoms with Crippen molar-refractivity contribution >= 4 is 11.6 Å². The fraction of sp³-hybridized carbons (Fsp3) is 0.500. The number of imidazole rings is 1. The Hall–Kier alpha value is -2.18. The molecule has 6 heteroatoms. The van der Waals surface area contributed by atoms with Gasteiger partial charge in [-0.15, -0.1) is 0 Å². The maximum absolute atomic E-state index is 12.5. The Balaban J connectivity index is 1.41. The van der Waals surface area contributed by atoms with Gasteiger partial charge in [-0.05, 0) is 12.1 Å². The first-order valence-corrected chi connectivity index (χ1v) is 9.43. The number of aryl methyl sites for hydroxylation is 1. The van der Waals surface area contributed by atoms with Crippen LogP contribution in [-0.2, 0) is 17.8 Å². The molecule has 0 bridgehead atoms. The van der Waals surface area contributed by atoms with Gasteiger partial charge in [-0.25, -0.2) is 4.98 Å². The van der Waals surface area contributed by atoms with Crippen LogP contribution in [0.15, 0.2) is 42.7 Å². The average molecular weight is 355 g/mol. The Labute approximate surface area is 156 Å². The zero-order chi connectivity index (χ0) is 18.4. The van der Waals surface area contributed by atoms with Crippen LogP contribution in [0.5, 0.6) is 0 Å². The number of hydrogen-bond donors (Lipinski definition) is 0. The van der Waals surface area contributed by atoms with Crippen molar-refractivity contribution < 1.29 is 4.79 Å². The van der Waals surface area contributed by atoms with Gasteiger partial charge in [0, 0.05) is 70.8 Å². The zero-order valence-electron chi connectivity index (χ0n) is 15.8. The van der Waals surface area contributed by atoms with Crippen molar-refractivity contribution in [2.75, 3.05) is 51.2 Å². The molecule has 1 aromatic heterocycles. The van der Waals surface area contributed by atoms with E-state index in [0.717, 1.165) is 57.2 Å². The summed E-state index contributed by atoms with van der Waals surface area (Å²) in [4.78, 5) is 23.4. The number of rotatable bonds is 7. The predicted octanol–water partition coefficient (Wildman–Crippen LogP) is 1.73. The third-order valence-corrected chi connectivity index (χ3v) is 5.12. The van der Waals surface area contributed by atoms with Crippen molar-refractivity contribution in [2.45, 2.75) is 19.9 Å². The number of piperazine rings is 1. The summed E-state index contributed by atoms with van der Waals surface area (Å²) in [5, 5.41) is 0. The standard InChI is InChI=1S/C20H29N5O/c1-3-19-21-9-10-25(19)16-15-23-11-13-24(14-12-23)17-20(26)22(2)18-7-5-4-6-8-18/h4-10H,3,11-17H2,1-2H3. The Morgan fingerprint density at radius 1 is 1.08 bits per heavy atom. The summed E-state index contributed by atoms with van der Waals surface area (Å²) in [5.41, 5.74) is 0.947. The lowest BCUT2D eigenvalue weighted by Crippen LogP contribution is -2.50. The number of hydrogen-bond acceptors (Lipinski definition) is 4. The van der Waals surface area contributed by atoms with E-state index in [0.29, 0.717) is 6.54 Å². The van der Waals surface area contributed by atoms with E-state index >= 15 is 0 Å². The molecule has 0 aliphatic carbocycles. The van der Waals surface area contributed by atoms with Crippen molar-refractivity contribution in [1.82, 2.24) is 19.4 Å². The van der Waals surface area contributed by atoms with Crippen LogP contribution in [0.3, 0.4) is 0 Å². The van der Waals surface area contributed by atoms with Gasteiger partial charge in [-0.1, -0.05) is 25.1 Å². The van der Waals surface area contributed by atoms with E-state index in [4.69, 9.17) is 0 Å². The molecule has 1 fully saturated rings. The first-order chi connectivity index (χ1) is 12.7. The molecule has 2 heterocycles. The van der Waals surface area contributed by atoms with Crippen molar-refractivity contribution in [1.29, 1.82) is 0 Å². The highest BCUT2D eigenvalue weighted by Crippen LogP contribution is 2.12. The molecule has 0 spiro atoms. The van der Waals surface area contributed by atoms with Crippen LogP contribution in [0, 0.1) is 0 Å². The summed E-state index contributed by atoms with van der Waals surface area (Å²) in [5.74, 6) is 1.30. The van der Waals surface area contributed by atoms with E-state index in [1.165, 1.54) is 0 Å². The summed E-state index contributed by atoms with van der Waals surface area (Å²) in [7, 11) is 1.85. The molecule has 2 aromatic rings. The number of carbonyl (C=O) groups excluding carboxylic acids is 1. The van der Waals surface area contributed by atoms with E-state index in [1.54, 1.807) is 4.90 Å².